The van der Waals surface area contributed by atoms with Gasteiger partial charge in [-0.15, -0.1) is 11.3 Å². The first kappa shape index (κ1) is 22.6. The minimum absolute atomic E-state index is 0.302. The van der Waals surface area contributed by atoms with Crippen LogP contribution in [0.4, 0.5) is 0 Å². The SMILES string of the molecule is CC(C)C(C#N)(CCCN1CCN(Cc2cc3cc(C#N)ccc3o2)CC1)c1cccs1. The zero-order valence-electron chi connectivity index (χ0n) is 18.9. The zero-order valence-corrected chi connectivity index (χ0v) is 19.7. The van der Waals surface area contributed by atoms with Gasteiger partial charge >= 0.3 is 0 Å². The fourth-order valence-electron chi connectivity index (χ4n) is 4.69. The maximum atomic E-state index is 10.0. The Hall–Kier alpha value is -2.64. The van der Waals surface area contributed by atoms with Crippen molar-refractivity contribution in [3.63, 3.8) is 0 Å². The van der Waals surface area contributed by atoms with Crippen molar-refractivity contribution in [3.05, 3.63) is 58.0 Å². The predicted molar refractivity (Wildman–Crippen MR) is 128 cm³/mol. The van der Waals surface area contributed by atoms with Crippen LogP contribution in [0.2, 0.25) is 0 Å². The number of piperazine rings is 1. The molecule has 0 saturated carbocycles. The molecule has 1 saturated heterocycles. The molecule has 0 amide bonds. The van der Waals surface area contributed by atoms with E-state index in [1.807, 2.05) is 12.1 Å². The average Bonchev–Trinajstić information content (AvgIpc) is 3.47. The summed E-state index contributed by atoms with van der Waals surface area (Å²) in [5.74, 6) is 1.26. The van der Waals surface area contributed by atoms with Gasteiger partial charge < -0.3 is 9.32 Å². The third-order valence-corrected chi connectivity index (χ3v) is 7.78. The Labute approximate surface area is 194 Å². The van der Waals surface area contributed by atoms with Crippen LogP contribution in [-0.2, 0) is 12.0 Å². The number of furan rings is 1. The highest BCUT2D eigenvalue weighted by Crippen LogP contribution is 2.39. The molecule has 0 N–H and O–H groups in total. The maximum Gasteiger partial charge on any atom is 0.134 e. The molecule has 0 bridgehead atoms. The van der Waals surface area contributed by atoms with Gasteiger partial charge in [-0.2, -0.15) is 10.5 Å². The number of hydrogen-bond acceptors (Lipinski definition) is 6. The van der Waals surface area contributed by atoms with Crippen molar-refractivity contribution in [2.45, 2.75) is 38.6 Å². The van der Waals surface area contributed by atoms with E-state index in [4.69, 9.17) is 9.68 Å². The molecule has 166 valence electrons. The largest absolute Gasteiger partial charge is 0.460 e. The summed E-state index contributed by atoms with van der Waals surface area (Å²) in [7, 11) is 0. The third kappa shape index (κ3) is 4.74. The minimum Gasteiger partial charge on any atom is -0.460 e. The van der Waals surface area contributed by atoms with Crippen LogP contribution in [0.25, 0.3) is 11.0 Å². The molecule has 32 heavy (non-hydrogen) atoms. The Kier molecular flexibility index (Phi) is 6.96. The second kappa shape index (κ2) is 9.88. The lowest BCUT2D eigenvalue weighted by Gasteiger charge is -2.35. The van der Waals surface area contributed by atoms with Crippen LogP contribution in [0.3, 0.4) is 0 Å². The Bertz CT molecular complexity index is 1110. The number of benzene rings is 1. The van der Waals surface area contributed by atoms with E-state index >= 15 is 0 Å². The van der Waals surface area contributed by atoms with Gasteiger partial charge in [-0.1, -0.05) is 19.9 Å². The van der Waals surface area contributed by atoms with E-state index in [2.05, 4.69) is 59.4 Å². The molecule has 4 rings (SSSR count). The summed E-state index contributed by atoms with van der Waals surface area (Å²) in [6, 6.07) is 16.6. The minimum atomic E-state index is -0.372. The van der Waals surface area contributed by atoms with Gasteiger partial charge in [-0.3, -0.25) is 4.90 Å². The summed E-state index contributed by atoms with van der Waals surface area (Å²) in [6.45, 7) is 10.3. The van der Waals surface area contributed by atoms with Crippen LogP contribution in [0.5, 0.6) is 0 Å². The number of nitrogens with zero attached hydrogens (tertiary/aromatic N) is 4. The molecule has 1 atom stereocenters. The summed E-state index contributed by atoms with van der Waals surface area (Å²) in [4.78, 5) is 6.15. The molecule has 1 fully saturated rings. The van der Waals surface area contributed by atoms with Gasteiger partial charge in [0.25, 0.3) is 0 Å². The van der Waals surface area contributed by atoms with Crippen LogP contribution >= 0.6 is 11.3 Å². The molecule has 1 aliphatic rings. The first-order valence-electron chi connectivity index (χ1n) is 11.4. The molecule has 0 radical (unpaired) electrons. The van der Waals surface area contributed by atoms with Crippen molar-refractivity contribution in [1.29, 1.82) is 10.5 Å². The number of rotatable bonds is 8. The molecule has 0 aliphatic carbocycles. The van der Waals surface area contributed by atoms with Crippen LogP contribution in [0.1, 0.15) is 42.9 Å². The first-order valence-corrected chi connectivity index (χ1v) is 12.2. The topological polar surface area (TPSA) is 67.2 Å². The van der Waals surface area contributed by atoms with Gasteiger partial charge in [0.2, 0.25) is 0 Å². The van der Waals surface area contributed by atoms with E-state index in [0.29, 0.717) is 11.5 Å². The average molecular weight is 447 g/mol. The second-order valence-corrected chi connectivity index (χ2v) is 9.96. The third-order valence-electron chi connectivity index (χ3n) is 6.73. The summed E-state index contributed by atoms with van der Waals surface area (Å²) < 4.78 is 5.98. The molecule has 1 unspecified atom stereocenters. The Morgan fingerprint density at radius 2 is 1.88 bits per heavy atom. The quantitative estimate of drug-likeness (QED) is 0.465. The van der Waals surface area contributed by atoms with Crippen LogP contribution in [-0.4, -0.2) is 42.5 Å². The zero-order chi connectivity index (χ0) is 22.6. The van der Waals surface area contributed by atoms with Crippen molar-refractivity contribution in [2.75, 3.05) is 32.7 Å². The van der Waals surface area contributed by atoms with E-state index < -0.39 is 0 Å². The molecule has 1 aromatic carbocycles. The van der Waals surface area contributed by atoms with E-state index in [-0.39, 0.29) is 5.41 Å². The van der Waals surface area contributed by atoms with Gasteiger partial charge in [0.1, 0.15) is 11.3 Å². The molecular formula is C26H30N4OS. The lowest BCUT2D eigenvalue weighted by molar-refractivity contribution is 0.118. The fraction of sp³-hybridized carbons (Fsp3) is 0.462. The van der Waals surface area contributed by atoms with Crippen molar-refractivity contribution < 1.29 is 4.42 Å². The monoisotopic (exact) mass is 446 g/mol. The van der Waals surface area contributed by atoms with Crippen molar-refractivity contribution >= 4 is 22.3 Å². The first-order chi connectivity index (χ1) is 15.5. The van der Waals surface area contributed by atoms with E-state index in [1.165, 1.54) is 4.88 Å². The molecule has 2 aromatic heterocycles. The van der Waals surface area contributed by atoms with Crippen LogP contribution in [0.15, 0.2) is 46.2 Å². The number of thiophene rings is 1. The van der Waals surface area contributed by atoms with E-state index in [0.717, 1.165) is 68.8 Å². The van der Waals surface area contributed by atoms with Crippen LogP contribution < -0.4 is 0 Å². The normalized spacial score (nSPS) is 17.3. The van der Waals surface area contributed by atoms with Gasteiger partial charge in [0.15, 0.2) is 0 Å². The Morgan fingerprint density at radius 1 is 1.09 bits per heavy atom. The van der Waals surface area contributed by atoms with Crippen LogP contribution in [0, 0.1) is 28.6 Å². The van der Waals surface area contributed by atoms with Crippen molar-refractivity contribution in [2.24, 2.45) is 5.92 Å². The highest BCUT2D eigenvalue weighted by molar-refractivity contribution is 7.10. The standard InChI is InChI=1S/C26H30N4OS/c1-20(2)26(19-28,25-5-3-14-32-25)8-4-9-29-10-12-30(13-11-29)18-23-16-22-15-21(17-27)6-7-24(22)31-23/h3,5-7,14-16,20H,4,8-13,18H2,1-2H3. The number of nitriles is 2. The van der Waals surface area contributed by atoms with Crippen molar-refractivity contribution in [1.82, 2.24) is 9.80 Å². The molecule has 3 heterocycles. The van der Waals surface area contributed by atoms with Gasteiger partial charge in [0.05, 0.1) is 29.7 Å². The van der Waals surface area contributed by atoms with E-state index in [1.54, 1.807) is 17.4 Å². The number of hydrogen-bond donors (Lipinski definition) is 0. The van der Waals surface area contributed by atoms with Crippen molar-refractivity contribution in [3.8, 4) is 12.1 Å². The van der Waals surface area contributed by atoms with Gasteiger partial charge in [0, 0.05) is 36.4 Å². The molecule has 5 nitrogen and oxygen atoms in total. The van der Waals surface area contributed by atoms with Gasteiger partial charge in [-0.25, -0.2) is 0 Å². The van der Waals surface area contributed by atoms with E-state index in [9.17, 15) is 5.26 Å². The van der Waals surface area contributed by atoms with Gasteiger partial charge in [-0.05, 0) is 61.0 Å². The molecule has 3 aromatic rings. The lowest BCUT2D eigenvalue weighted by atomic mass is 9.73. The lowest BCUT2D eigenvalue weighted by Crippen LogP contribution is -2.46. The predicted octanol–water partition coefficient (Wildman–Crippen LogP) is 5.38. The maximum absolute atomic E-state index is 10.0. The summed E-state index contributed by atoms with van der Waals surface area (Å²) in [5, 5.41) is 22.2. The number of fused-ring (bicyclic) bond motifs is 1. The molecule has 6 heteroatoms. The highest BCUT2D eigenvalue weighted by atomic mass is 32.1. The fourth-order valence-corrected chi connectivity index (χ4v) is 5.74. The second-order valence-electron chi connectivity index (χ2n) is 9.01. The summed E-state index contributed by atoms with van der Waals surface area (Å²) in [5.41, 5.74) is 1.13. The molecule has 0 spiro atoms. The summed E-state index contributed by atoms with van der Waals surface area (Å²) in [6.07, 6.45) is 1.94. The Balaban J connectivity index is 1.27. The smallest absolute Gasteiger partial charge is 0.134 e. The highest BCUT2D eigenvalue weighted by Gasteiger charge is 2.36. The molecule has 1 aliphatic heterocycles. The summed E-state index contributed by atoms with van der Waals surface area (Å²) >= 11 is 1.71. The molecular weight excluding hydrogens is 416 g/mol. The Morgan fingerprint density at radius 3 is 2.53 bits per heavy atom.